The molecule has 1 saturated heterocycles. The molecule has 2 heterocycles. The highest BCUT2D eigenvalue weighted by atomic mass is 19.1. The first-order chi connectivity index (χ1) is 12.9. The highest BCUT2D eigenvalue weighted by Crippen LogP contribution is 2.20. The quantitative estimate of drug-likeness (QED) is 0.836. The third-order valence-corrected chi connectivity index (χ3v) is 4.59. The lowest BCUT2D eigenvalue weighted by Gasteiger charge is -2.30. The summed E-state index contributed by atoms with van der Waals surface area (Å²) in [4.78, 5) is 37.1. The Bertz CT molecular complexity index is 838. The van der Waals surface area contributed by atoms with Crippen LogP contribution in [0, 0.1) is 11.7 Å². The largest absolute Gasteiger partial charge is 0.478 e. The van der Waals surface area contributed by atoms with Crippen LogP contribution in [0.4, 0.5) is 4.39 Å². The van der Waals surface area contributed by atoms with E-state index in [4.69, 9.17) is 9.52 Å². The summed E-state index contributed by atoms with van der Waals surface area (Å²) in [5.41, 5.74) is 0.734. The van der Waals surface area contributed by atoms with Crippen molar-refractivity contribution in [3.8, 4) is 0 Å². The summed E-state index contributed by atoms with van der Waals surface area (Å²) in [5.74, 6) is -2.19. The molecular formula is C19H19FN2O5. The van der Waals surface area contributed by atoms with Gasteiger partial charge in [0.05, 0.1) is 5.56 Å². The molecule has 0 unspecified atom stereocenters. The van der Waals surface area contributed by atoms with E-state index in [-0.39, 0.29) is 34.9 Å². The number of amides is 2. The van der Waals surface area contributed by atoms with Gasteiger partial charge in [0, 0.05) is 31.6 Å². The SMILES string of the molecule is O=C(O)c1coc(C(=O)N2CCC(C(=O)NCc3ccc(F)cc3)CC2)c1. The van der Waals surface area contributed by atoms with E-state index in [1.54, 1.807) is 17.0 Å². The third-order valence-electron chi connectivity index (χ3n) is 4.59. The molecule has 27 heavy (non-hydrogen) atoms. The molecule has 1 aliphatic heterocycles. The van der Waals surface area contributed by atoms with Crippen LogP contribution in [0.1, 0.15) is 39.3 Å². The number of furan rings is 1. The number of benzene rings is 1. The fourth-order valence-corrected chi connectivity index (χ4v) is 3.00. The zero-order chi connectivity index (χ0) is 19.4. The van der Waals surface area contributed by atoms with Gasteiger partial charge in [0.2, 0.25) is 5.91 Å². The van der Waals surface area contributed by atoms with Gasteiger partial charge in [-0.3, -0.25) is 9.59 Å². The number of carboxylic acids is 1. The van der Waals surface area contributed by atoms with E-state index in [2.05, 4.69) is 5.32 Å². The van der Waals surface area contributed by atoms with Gasteiger partial charge in [0.1, 0.15) is 12.1 Å². The Labute approximate surface area is 154 Å². The maximum Gasteiger partial charge on any atom is 0.338 e. The van der Waals surface area contributed by atoms with Gasteiger partial charge in [-0.1, -0.05) is 12.1 Å². The van der Waals surface area contributed by atoms with Crippen molar-refractivity contribution in [1.82, 2.24) is 10.2 Å². The van der Waals surface area contributed by atoms with Crippen molar-refractivity contribution in [1.29, 1.82) is 0 Å². The second kappa shape index (κ2) is 8.03. The number of piperidine rings is 1. The third kappa shape index (κ3) is 4.52. The second-order valence-corrected chi connectivity index (χ2v) is 6.42. The van der Waals surface area contributed by atoms with Crippen molar-refractivity contribution in [2.45, 2.75) is 19.4 Å². The Kier molecular flexibility index (Phi) is 5.54. The van der Waals surface area contributed by atoms with Crippen LogP contribution in [0.2, 0.25) is 0 Å². The Balaban J connectivity index is 1.48. The molecule has 0 radical (unpaired) electrons. The lowest BCUT2D eigenvalue weighted by molar-refractivity contribution is -0.126. The molecule has 3 rings (SSSR count). The molecule has 0 bridgehead atoms. The van der Waals surface area contributed by atoms with Gasteiger partial charge in [-0.2, -0.15) is 0 Å². The van der Waals surface area contributed by atoms with E-state index in [0.29, 0.717) is 32.5 Å². The zero-order valence-corrected chi connectivity index (χ0v) is 14.5. The number of carboxylic acid groups (broad SMARTS) is 1. The van der Waals surface area contributed by atoms with Crippen molar-refractivity contribution in [2.75, 3.05) is 13.1 Å². The van der Waals surface area contributed by atoms with Crippen molar-refractivity contribution in [3.05, 3.63) is 59.3 Å². The number of nitrogens with one attached hydrogen (secondary N) is 1. The molecule has 2 aromatic rings. The van der Waals surface area contributed by atoms with Crippen LogP contribution >= 0.6 is 0 Å². The molecule has 0 aliphatic carbocycles. The van der Waals surface area contributed by atoms with Gasteiger partial charge in [0.15, 0.2) is 5.76 Å². The Hall–Kier alpha value is -3.16. The van der Waals surface area contributed by atoms with Crippen LogP contribution in [0.15, 0.2) is 41.0 Å². The molecule has 0 spiro atoms. The molecule has 8 heteroatoms. The van der Waals surface area contributed by atoms with Crippen molar-refractivity contribution in [2.24, 2.45) is 5.92 Å². The topological polar surface area (TPSA) is 99.8 Å². The van der Waals surface area contributed by atoms with Crippen LogP contribution in [0.5, 0.6) is 0 Å². The molecule has 142 valence electrons. The summed E-state index contributed by atoms with van der Waals surface area (Å²) >= 11 is 0. The van der Waals surface area contributed by atoms with Gasteiger partial charge in [-0.15, -0.1) is 0 Å². The number of halogens is 1. The number of carbonyl (C=O) groups is 3. The molecule has 2 amide bonds. The maximum absolute atomic E-state index is 12.9. The fourth-order valence-electron chi connectivity index (χ4n) is 3.00. The average molecular weight is 374 g/mol. The summed E-state index contributed by atoms with van der Waals surface area (Å²) < 4.78 is 17.9. The molecule has 1 fully saturated rings. The molecule has 1 aromatic heterocycles. The van der Waals surface area contributed by atoms with Gasteiger partial charge in [-0.25, -0.2) is 9.18 Å². The summed E-state index contributed by atoms with van der Waals surface area (Å²) in [7, 11) is 0. The summed E-state index contributed by atoms with van der Waals surface area (Å²) in [5, 5.41) is 11.7. The summed E-state index contributed by atoms with van der Waals surface area (Å²) in [6.07, 6.45) is 2.05. The van der Waals surface area contributed by atoms with Gasteiger partial charge < -0.3 is 19.7 Å². The Morgan fingerprint density at radius 3 is 2.44 bits per heavy atom. The van der Waals surface area contributed by atoms with E-state index < -0.39 is 5.97 Å². The van der Waals surface area contributed by atoms with Crippen LogP contribution in [-0.4, -0.2) is 40.9 Å². The molecule has 1 aliphatic rings. The molecule has 0 atom stereocenters. The van der Waals surface area contributed by atoms with Crippen molar-refractivity contribution >= 4 is 17.8 Å². The van der Waals surface area contributed by atoms with E-state index in [0.717, 1.165) is 11.8 Å². The monoisotopic (exact) mass is 374 g/mol. The molecule has 7 nitrogen and oxygen atoms in total. The van der Waals surface area contributed by atoms with Gasteiger partial charge >= 0.3 is 5.97 Å². The number of hydrogen-bond donors (Lipinski definition) is 2. The standard InChI is InChI=1S/C19H19FN2O5/c20-15-3-1-12(2-4-15)10-21-17(23)13-5-7-22(8-6-13)18(24)16-9-14(11-27-16)19(25)26/h1-4,9,11,13H,5-8,10H2,(H,21,23)(H,25,26). The molecule has 2 N–H and O–H groups in total. The first-order valence-corrected chi connectivity index (χ1v) is 8.57. The average Bonchev–Trinajstić information content (AvgIpc) is 3.17. The minimum atomic E-state index is -1.16. The Morgan fingerprint density at radius 1 is 1.19 bits per heavy atom. The van der Waals surface area contributed by atoms with E-state index in [1.165, 1.54) is 18.2 Å². The number of nitrogens with zero attached hydrogens (tertiary/aromatic N) is 1. The van der Waals surface area contributed by atoms with E-state index in [9.17, 15) is 18.8 Å². The predicted molar refractivity (Wildman–Crippen MR) is 92.5 cm³/mol. The second-order valence-electron chi connectivity index (χ2n) is 6.42. The van der Waals surface area contributed by atoms with Gasteiger partial charge in [0.25, 0.3) is 5.91 Å². The number of likely N-dealkylation sites (tertiary alicyclic amines) is 1. The number of aromatic carboxylic acids is 1. The minimum absolute atomic E-state index is 0.0217. The van der Waals surface area contributed by atoms with Crippen LogP contribution in [0.25, 0.3) is 0 Å². The van der Waals surface area contributed by atoms with Crippen LogP contribution in [0.3, 0.4) is 0 Å². The first-order valence-electron chi connectivity index (χ1n) is 8.57. The molecule has 1 aromatic carbocycles. The fraction of sp³-hybridized carbons (Fsp3) is 0.316. The van der Waals surface area contributed by atoms with E-state index >= 15 is 0 Å². The molecular weight excluding hydrogens is 355 g/mol. The summed E-state index contributed by atoms with van der Waals surface area (Å²) in [6.45, 7) is 1.09. The number of hydrogen-bond acceptors (Lipinski definition) is 4. The first kappa shape index (κ1) is 18.6. The lowest BCUT2D eigenvalue weighted by Crippen LogP contribution is -2.42. The smallest absolute Gasteiger partial charge is 0.338 e. The van der Waals surface area contributed by atoms with Crippen molar-refractivity contribution < 1.29 is 28.3 Å². The number of carbonyl (C=O) groups excluding carboxylic acids is 2. The lowest BCUT2D eigenvalue weighted by atomic mass is 9.95. The Morgan fingerprint density at radius 2 is 1.85 bits per heavy atom. The normalized spacial score (nSPS) is 14.8. The highest BCUT2D eigenvalue weighted by molar-refractivity contribution is 5.95. The van der Waals surface area contributed by atoms with Crippen molar-refractivity contribution in [3.63, 3.8) is 0 Å². The van der Waals surface area contributed by atoms with Crippen LogP contribution in [-0.2, 0) is 11.3 Å². The minimum Gasteiger partial charge on any atom is -0.478 e. The number of rotatable bonds is 5. The maximum atomic E-state index is 12.9. The highest BCUT2D eigenvalue weighted by Gasteiger charge is 2.29. The predicted octanol–water partition coefficient (Wildman–Crippen LogP) is 2.29. The van der Waals surface area contributed by atoms with E-state index in [1.807, 2.05) is 0 Å². The zero-order valence-electron chi connectivity index (χ0n) is 14.5. The van der Waals surface area contributed by atoms with Crippen LogP contribution < -0.4 is 5.32 Å². The molecule has 0 saturated carbocycles. The van der Waals surface area contributed by atoms with Gasteiger partial charge in [-0.05, 0) is 30.5 Å². The summed E-state index contributed by atoms with van der Waals surface area (Å²) in [6, 6.07) is 7.12.